The molecule has 2 heterocycles. The number of carbonyl (C=O) groups is 1. The molecule has 1 fully saturated rings. The molecule has 0 saturated carbocycles. The van der Waals surface area contributed by atoms with Gasteiger partial charge in [-0.05, 0) is 50.0 Å². The molecule has 0 radical (unpaired) electrons. The lowest BCUT2D eigenvalue weighted by atomic mass is 10.1. The van der Waals surface area contributed by atoms with Gasteiger partial charge in [-0.3, -0.25) is 9.78 Å². The maximum atomic E-state index is 12.2. The van der Waals surface area contributed by atoms with Crippen LogP contribution in [0.2, 0.25) is 0 Å². The molecule has 142 valence electrons. The quantitative estimate of drug-likeness (QED) is 0.536. The zero-order valence-electron chi connectivity index (χ0n) is 14.8. The molecular formula is C20H25Cl2N3O-2. The van der Waals surface area contributed by atoms with Gasteiger partial charge in [-0.2, -0.15) is 0 Å². The van der Waals surface area contributed by atoms with Crippen LogP contribution in [0, 0.1) is 0 Å². The molecule has 0 bridgehead atoms. The van der Waals surface area contributed by atoms with E-state index < -0.39 is 0 Å². The van der Waals surface area contributed by atoms with Crippen LogP contribution in [0.5, 0.6) is 0 Å². The Balaban J connectivity index is 0.00000169. The van der Waals surface area contributed by atoms with Crippen LogP contribution >= 0.6 is 0 Å². The van der Waals surface area contributed by atoms with Gasteiger partial charge in [0, 0.05) is 31.4 Å². The first-order chi connectivity index (χ1) is 11.8. The SMILES string of the molecule is O=C(NCCc1ccccc1)c1ccc(CCN2CCCC2)nc1.[Cl-].[Cl-]. The van der Waals surface area contributed by atoms with Crippen molar-refractivity contribution >= 4 is 5.91 Å². The molecule has 2 aromatic rings. The van der Waals surface area contributed by atoms with E-state index in [0.29, 0.717) is 12.1 Å². The molecule has 0 atom stereocenters. The number of likely N-dealkylation sites (tertiary alicyclic amines) is 1. The second-order valence-corrected chi connectivity index (χ2v) is 6.33. The molecule has 0 unspecified atom stereocenters. The van der Waals surface area contributed by atoms with Crippen molar-refractivity contribution in [3.63, 3.8) is 0 Å². The molecule has 0 spiro atoms. The van der Waals surface area contributed by atoms with Crippen molar-refractivity contribution in [3.05, 3.63) is 65.5 Å². The standard InChI is InChI=1S/C20H25N3O.2ClH/c24-20(21-12-10-17-6-2-1-3-7-17)18-8-9-19(22-16-18)11-15-23-13-4-5-14-23;;/h1-3,6-9,16H,4-5,10-15H2,(H,21,24);2*1H/p-2. The molecule has 1 aliphatic heterocycles. The van der Waals surface area contributed by atoms with Crippen molar-refractivity contribution in [1.82, 2.24) is 15.2 Å². The van der Waals surface area contributed by atoms with Gasteiger partial charge < -0.3 is 35.0 Å². The molecular weight excluding hydrogens is 369 g/mol. The molecule has 1 saturated heterocycles. The summed E-state index contributed by atoms with van der Waals surface area (Å²) in [6.45, 7) is 4.12. The van der Waals surface area contributed by atoms with Crippen molar-refractivity contribution in [2.75, 3.05) is 26.2 Å². The largest absolute Gasteiger partial charge is 1.00 e. The Kier molecular flexibility index (Phi) is 10.3. The van der Waals surface area contributed by atoms with Gasteiger partial charge in [-0.15, -0.1) is 0 Å². The second-order valence-electron chi connectivity index (χ2n) is 6.33. The number of halogens is 2. The average Bonchev–Trinajstić information content (AvgIpc) is 3.15. The number of carbonyl (C=O) groups excluding carboxylic acids is 1. The highest BCUT2D eigenvalue weighted by Crippen LogP contribution is 2.09. The van der Waals surface area contributed by atoms with Crippen molar-refractivity contribution < 1.29 is 29.6 Å². The minimum absolute atomic E-state index is 0. The lowest BCUT2D eigenvalue weighted by Crippen LogP contribution is -3.00. The zero-order chi connectivity index (χ0) is 16.6. The average molecular weight is 394 g/mol. The van der Waals surface area contributed by atoms with E-state index in [1.54, 1.807) is 6.20 Å². The summed E-state index contributed by atoms with van der Waals surface area (Å²) in [6.07, 6.45) is 6.12. The Labute approximate surface area is 168 Å². The molecule has 26 heavy (non-hydrogen) atoms. The molecule has 1 N–H and O–H groups in total. The number of nitrogens with one attached hydrogen (secondary N) is 1. The van der Waals surface area contributed by atoms with E-state index in [1.165, 1.54) is 31.5 Å². The fourth-order valence-electron chi connectivity index (χ4n) is 3.05. The van der Waals surface area contributed by atoms with E-state index in [-0.39, 0.29) is 30.7 Å². The number of benzene rings is 1. The fraction of sp³-hybridized carbons (Fsp3) is 0.400. The van der Waals surface area contributed by atoms with E-state index in [9.17, 15) is 4.79 Å². The number of pyridine rings is 1. The fourth-order valence-corrected chi connectivity index (χ4v) is 3.05. The van der Waals surface area contributed by atoms with Gasteiger partial charge in [0.2, 0.25) is 0 Å². The Hall–Kier alpha value is -1.62. The van der Waals surface area contributed by atoms with Crippen LogP contribution in [-0.2, 0) is 12.8 Å². The summed E-state index contributed by atoms with van der Waals surface area (Å²) in [7, 11) is 0. The molecule has 6 heteroatoms. The van der Waals surface area contributed by atoms with Gasteiger partial charge in [-0.1, -0.05) is 30.3 Å². The van der Waals surface area contributed by atoms with Gasteiger partial charge in [0.15, 0.2) is 0 Å². The Bertz CT molecular complexity index is 644. The number of hydrogen-bond donors (Lipinski definition) is 1. The van der Waals surface area contributed by atoms with Gasteiger partial charge in [0.25, 0.3) is 5.91 Å². The lowest BCUT2D eigenvalue weighted by molar-refractivity contribution is -0.00100. The van der Waals surface area contributed by atoms with E-state index in [4.69, 9.17) is 0 Å². The topological polar surface area (TPSA) is 45.2 Å². The van der Waals surface area contributed by atoms with Crippen LogP contribution < -0.4 is 30.1 Å². The van der Waals surface area contributed by atoms with Crippen molar-refractivity contribution in [1.29, 1.82) is 0 Å². The van der Waals surface area contributed by atoms with Crippen LogP contribution in [-0.4, -0.2) is 42.0 Å². The van der Waals surface area contributed by atoms with Gasteiger partial charge in [0.1, 0.15) is 0 Å². The van der Waals surface area contributed by atoms with Crippen LogP contribution in [0.3, 0.4) is 0 Å². The molecule has 3 rings (SSSR count). The summed E-state index contributed by atoms with van der Waals surface area (Å²) in [5.74, 6) is -0.0514. The molecule has 1 aromatic carbocycles. The molecule has 1 aliphatic rings. The first-order valence-electron chi connectivity index (χ1n) is 8.81. The lowest BCUT2D eigenvalue weighted by Gasteiger charge is -2.13. The number of nitrogens with zero attached hydrogens (tertiary/aromatic N) is 2. The third kappa shape index (κ3) is 6.94. The van der Waals surface area contributed by atoms with Crippen LogP contribution in [0.1, 0.15) is 34.5 Å². The van der Waals surface area contributed by atoms with E-state index in [1.807, 2.05) is 30.3 Å². The monoisotopic (exact) mass is 393 g/mol. The van der Waals surface area contributed by atoms with Crippen LogP contribution in [0.25, 0.3) is 0 Å². The maximum absolute atomic E-state index is 12.2. The zero-order valence-corrected chi connectivity index (χ0v) is 16.3. The second kappa shape index (κ2) is 11.9. The Morgan fingerprint density at radius 3 is 2.38 bits per heavy atom. The minimum Gasteiger partial charge on any atom is -1.00 e. The Morgan fingerprint density at radius 2 is 1.73 bits per heavy atom. The molecule has 4 nitrogen and oxygen atoms in total. The molecule has 0 aliphatic carbocycles. The van der Waals surface area contributed by atoms with Crippen molar-refractivity contribution in [3.8, 4) is 0 Å². The van der Waals surface area contributed by atoms with Gasteiger partial charge >= 0.3 is 0 Å². The van der Waals surface area contributed by atoms with Gasteiger partial charge in [-0.25, -0.2) is 0 Å². The highest BCUT2D eigenvalue weighted by molar-refractivity contribution is 5.93. The van der Waals surface area contributed by atoms with E-state index in [0.717, 1.165) is 25.1 Å². The highest BCUT2D eigenvalue weighted by Gasteiger charge is 2.11. The van der Waals surface area contributed by atoms with Crippen molar-refractivity contribution in [2.24, 2.45) is 0 Å². The number of hydrogen-bond acceptors (Lipinski definition) is 3. The van der Waals surface area contributed by atoms with E-state index in [2.05, 4.69) is 27.3 Å². The van der Waals surface area contributed by atoms with E-state index >= 15 is 0 Å². The van der Waals surface area contributed by atoms with Gasteiger partial charge in [0.05, 0.1) is 5.56 Å². The third-order valence-electron chi connectivity index (χ3n) is 4.51. The number of aromatic nitrogens is 1. The number of rotatable bonds is 7. The first kappa shape index (κ1) is 22.4. The van der Waals surface area contributed by atoms with Crippen LogP contribution in [0.4, 0.5) is 0 Å². The predicted molar refractivity (Wildman–Crippen MR) is 96.1 cm³/mol. The van der Waals surface area contributed by atoms with Crippen LogP contribution in [0.15, 0.2) is 48.7 Å². The highest BCUT2D eigenvalue weighted by atomic mass is 35.5. The summed E-state index contributed by atoms with van der Waals surface area (Å²) in [4.78, 5) is 19.1. The number of amides is 1. The Morgan fingerprint density at radius 1 is 1.00 bits per heavy atom. The minimum atomic E-state index is -0.0514. The summed E-state index contributed by atoms with van der Waals surface area (Å²) >= 11 is 0. The maximum Gasteiger partial charge on any atom is 0.252 e. The predicted octanol–water partition coefficient (Wildman–Crippen LogP) is -3.30. The summed E-state index contributed by atoms with van der Waals surface area (Å²) in [6, 6.07) is 14.0. The normalized spacial score (nSPS) is 13.5. The third-order valence-corrected chi connectivity index (χ3v) is 4.51. The summed E-state index contributed by atoms with van der Waals surface area (Å²) in [5, 5.41) is 2.96. The van der Waals surface area contributed by atoms with Crippen molar-refractivity contribution in [2.45, 2.75) is 25.7 Å². The summed E-state index contributed by atoms with van der Waals surface area (Å²) in [5.41, 5.74) is 2.92. The first-order valence-corrected chi connectivity index (χ1v) is 8.81. The summed E-state index contributed by atoms with van der Waals surface area (Å²) < 4.78 is 0. The molecule has 1 amide bonds. The molecule has 1 aromatic heterocycles. The smallest absolute Gasteiger partial charge is 0.252 e.